The fourth-order valence-corrected chi connectivity index (χ4v) is 2.53. The molecule has 1 heteroatoms. The van der Waals surface area contributed by atoms with E-state index in [2.05, 4.69) is 32.0 Å². The van der Waals surface area contributed by atoms with Gasteiger partial charge in [-0.1, -0.05) is 31.5 Å². The van der Waals surface area contributed by atoms with Gasteiger partial charge in [-0.25, -0.2) is 0 Å². The maximum absolute atomic E-state index is 6.07. The minimum absolute atomic E-state index is 0.107. The minimum Gasteiger partial charge on any atom is -0.487 e. The molecule has 1 aliphatic carbocycles. The zero-order chi connectivity index (χ0) is 11.8. The molecule has 1 unspecified atom stereocenters. The number of ether oxygens (including phenoxy) is 1. The van der Waals surface area contributed by atoms with Crippen LogP contribution in [-0.2, 0) is 6.42 Å². The third kappa shape index (κ3) is 1.95. The molecule has 1 aliphatic heterocycles. The molecule has 0 N–H and O–H groups in total. The van der Waals surface area contributed by atoms with E-state index >= 15 is 0 Å². The summed E-state index contributed by atoms with van der Waals surface area (Å²) in [4.78, 5) is 0. The average Bonchev–Trinajstić information content (AvgIpc) is 3.06. The van der Waals surface area contributed by atoms with Crippen LogP contribution < -0.4 is 4.74 Å². The van der Waals surface area contributed by atoms with E-state index in [0.717, 1.165) is 18.1 Å². The topological polar surface area (TPSA) is 9.23 Å². The van der Waals surface area contributed by atoms with Crippen LogP contribution in [0, 0.1) is 12.8 Å². The second-order valence-corrected chi connectivity index (χ2v) is 4.98. The summed E-state index contributed by atoms with van der Waals surface area (Å²) in [6, 6.07) is 6.53. The quantitative estimate of drug-likeness (QED) is 0.689. The first-order valence-corrected chi connectivity index (χ1v) is 6.46. The van der Waals surface area contributed by atoms with Crippen molar-refractivity contribution < 1.29 is 4.74 Å². The SMILES string of the molecule is CC.Cc1ccc2c(c1)CC(C)(C1CC1)O2. The van der Waals surface area contributed by atoms with Crippen LogP contribution in [0.15, 0.2) is 18.2 Å². The van der Waals surface area contributed by atoms with Gasteiger partial charge in [-0.15, -0.1) is 0 Å². The second kappa shape index (κ2) is 4.12. The summed E-state index contributed by atoms with van der Waals surface area (Å²) in [6.45, 7) is 8.41. The molecule has 0 spiro atoms. The lowest BCUT2D eigenvalue weighted by Gasteiger charge is -2.23. The van der Waals surface area contributed by atoms with Gasteiger partial charge in [0.25, 0.3) is 0 Å². The number of hydrogen-bond acceptors (Lipinski definition) is 1. The molecule has 3 rings (SSSR count). The van der Waals surface area contributed by atoms with Crippen molar-refractivity contribution in [1.82, 2.24) is 0 Å². The van der Waals surface area contributed by atoms with E-state index in [9.17, 15) is 0 Å². The largest absolute Gasteiger partial charge is 0.487 e. The van der Waals surface area contributed by atoms with Crippen LogP contribution in [0.1, 0.15) is 44.7 Å². The Balaban J connectivity index is 0.000000457. The van der Waals surface area contributed by atoms with Gasteiger partial charge in [0.05, 0.1) is 0 Å². The highest BCUT2D eigenvalue weighted by molar-refractivity contribution is 5.42. The molecule has 0 saturated heterocycles. The van der Waals surface area contributed by atoms with E-state index in [-0.39, 0.29) is 5.60 Å². The van der Waals surface area contributed by atoms with Crippen molar-refractivity contribution in [2.45, 2.75) is 52.6 Å². The van der Waals surface area contributed by atoms with Gasteiger partial charge < -0.3 is 4.74 Å². The van der Waals surface area contributed by atoms with Crippen molar-refractivity contribution in [1.29, 1.82) is 0 Å². The van der Waals surface area contributed by atoms with E-state index in [1.54, 1.807) is 0 Å². The molecule has 0 radical (unpaired) electrons. The van der Waals surface area contributed by atoms with Crippen molar-refractivity contribution in [2.24, 2.45) is 5.92 Å². The first-order chi connectivity index (χ1) is 7.67. The smallest absolute Gasteiger partial charge is 0.123 e. The van der Waals surface area contributed by atoms with Gasteiger partial charge in [-0.2, -0.15) is 0 Å². The van der Waals surface area contributed by atoms with E-state index < -0.39 is 0 Å². The first-order valence-electron chi connectivity index (χ1n) is 6.46. The van der Waals surface area contributed by atoms with Gasteiger partial charge >= 0.3 is 0 Å². The van der Waals surface area contributed by atoms with E-state index in [0.29, 0.717) is 0 Å². The Bertz CT molecular complexity index is 379. The lowest BCUT2D eigenvalue weighted by Crippen LogP contribution is -2.32. The molecular formula is C15H22O. The van der Waals surface area contributed by atoms with Crippen molar-refractivity contribution in [2.75, 3.05) is 0 Å². The van der Waals surface area contributed by atoms with Crippen molar-refractivity contribution >= 4 is 0 Å². The maximum atomic E-state index is 6.07. The molecule has 0 aromatic heterocycles. The summed E-state index contributed by atoms with van der Waals surface area (Å²) in [5.41, 5.74) is 2.85. The summed E-state index contributed by atoms with van der Waals surface area (Å²) in [5, 5.41) is 0. The fourth-order valence-electron chi connectivity index (χ4n) is 2.53. The van der Waals surface area contributed by atoms with Crippen molar-refractivity contribution in [3.63, 3.8) is 0 Å². The van der Waals surface area contributed by atoms with Crippen LogP contribution in [0.5, 0.6) is 5.75 Å². The number of hydrogen-bond donors (Lipinski definition) is 0. The molecule has 1 nitrogen and oxygen atoms in total. The van der Waals surface area contributed by atoms with Crippen LogP contribution in [0.3, 0.4) is 0 Å². The van der Waals surface area contributed by atoms with E-state index in [1.807, 2.05) is 13.8 Å². The van der Waals surface area contributed by atoms with Crippen molar-refractivity contribution in [3.8, 4) is 5.75 Å². The third-order valence-corrected chi connectivity index (χ3v) is 3.54. The molecule has 0 bridgehead atoms. The highest BCUT2D eigenvalue weighted by Crippen LogP contribution is 2.48. The van der Waals surface area contributed by atoms with Gasteiger partial charge in [0, 0.05) is 6.42 Å². The van der Waals surface area contributed by atoms with Crippen LogP contribution in [0.25, 0.3) is 0 Å². The van der Waals surface area contributed by atoms with E-state index in [4.69, 9.17) is 4.74 Å². The molecular weight excluding hydrogens is 196 g/mol. The Hall–Kier alpha value is -0.980. The monoisotopic (exact) mass is 218 g/mol. The van der Waals surface area contributed by atoms with Gasteiger partial charge in [-0.05, 0) is 44.2 Å². The van der Waals surface area contributed by atoms with E-state index in [1.165, 1.54) is 24.0 Å². The summed E-state index contributed by atoms with van der Waals surface area (Å²) in [5.74, 6) is 1.92. The molecule has 88 valence electrons. The normalized spacial score (nSPS) is 26.5. The molecule has 1 aromatic rings. The molecule has 1 fully saturated rings. The third-order valence-electron chi connectivity index (χ3n) is 3.54. The Morgan fingerprint density at radius 3 is 2.56 bits per heavy atom. The molecule has 1 heterocycles. The number of benzene rings is 1. The molecule has 2 aliphatic rings. The van der Waals surface area contributed by atoms with Gasteiger partial charge in [-0.3, -0.25) is 0 Å². The molecule has 1 atom stereocenters. The number of fused-ring (bicyclic) bond motifs is 1. The molecule has 1 aromatic carbocycles. The van der Waals surface area contributed by atoms with Gasteiger partial charge in [0.2, 0.25) is 0 Å². The van der Waals surface area contributed by atoms with Crippen LogP contribution in [0.4, 0.5) is 0 Å². The van der Waals surface area contributed by atoms with Crippen molar-refractivity contribution in [3.05, 3.63) is 29.3 Å². The predicted octanol–water partition coefficient (Wildman–Crippen LogP) is 4.12. The maximum Gasteiger partial charge on any atom is 0.123 e. The van der Waals surface area contributed by atoms with Gasteiger partial charge in [0.1, 0.15) is 11.4 Å². The van der Waals surface area contributed by atoms with Crippen LogP contribution >= 0.6 is 0 Å². The number of aryl methyl sites for hydroxylation is 1. The standard InChI is InChI=1S/C13H16O.C2H6/c1-9-3-6-12-10(7-9)8-13(2,14-12)11-4-5-11;1-2/h3,6-7,11H,4-5,8H2,1-2H3;1-2H3. The second-order valence-electron chi connectivity index (χ2n) is 4.98. The zero-order valence-electron chi connectivity index (χ0n) is 10.8. The van der Waals surface area contributed by atoms with Gasteiger partial charge in [0.15, 0.2) is 0 Å². The summed E-state index contributed by atoms with van der Waals surface area (Å²) in [6.07, 6.45) is 3.81. The zero-order valence-corrected chi connectivity index (χ0v) is 10.8. The summed E-state index contributed by atoms with van der Waals surface area (Å²) in [7, 11) is 0. The Kier molecular flexibility index (Phi) is 2.96. The molecule has 1 saturated carbocycles. The minimum atomic E-state index is 0.107. The Morgan fingerprint density at radius 1 is 1.25 bits per heavy atom. The lowest BCUT2D eigenvalue weighted by atomic mass is 9.94. The highest BCUT2D eigenvalue weighted by atomic mass is 16.5. The first kappa shape index (κ1) is 11.5. The average molecular weight is 218 g/mol. The van der Waals surface area contributed by atoms with Crippen LogP contribution in [0.2, 0.25) is 0 Å². The molecule has 0 amide bonds. The molecule has 16 heavy (non-hydrogen) atoms. The fraction of sp³-hybridized carbons (Fsp3) is 0.600. The Morgan fingerprint density at radius 2 is 1.94 bits per heavy atom. The highest BCUT2D eigenvalue weighted by Gasteiger charge is 2.47. The summed E-state index contributed by atoms with van der Waals surface area (Å²) >= 11 is 0. The predicted molar refractivity (Wildman–Crippen MR) is 68.0 cm³/mol. The number of rotatable bonds is 1. The lowest BCUT2D eigenvalue weighted by molar-refractivity contribution is 0.0909. The van der Waals surface area contributed by atoms with Crippen LogP contribution in [-0.4, -0.2) is 5.60 Å². The summed E-state index contributed by atoms with van der Waals surface area (Å²) < 4.78 is 6.07. The Labute approximate surface area is 98.8 Å².